The van der Waals surface area contributed by atoms with Crippen molar-refractivity contribution >= 4 is 28.3 Å². The van der Waals surface area contributed by atoms with Crippen LogP contribution in [0.2, 0.25) is 5.02 Å². The van der Waals surface area contributed by atoms with Crippen LogP contribution in [-0.2, 0) is 13.6 Å². The molecule has 11 heteroatoms. The zero-order chi connectivity index (χ0) is 20.4. The molecule has 1 saturated carbocycles. The van der Waals surface area contributed by atoms with Gasteiger partial charge in [-0.15, -0.1) is 0 Å². The second-order valence-corrected chi connectivity index (χ2v) is 8.30. The summed E-state index contributed by atoms with van der Waals surface area (Å²) in [4.78, 5) is 27.8. The topological polar surface area (TPSA) is 108 Å². The number of aryl methyl sites for hydroxylation is 1. The van der Waals surface area contributed by atoms with Crippen molar-refractivity contribution in [1.82, 2.24) is 34.5 Å². The number of nitrogens with zero attached hydrogens (tertiary/aromatic N) is 8. The average Bonchev–Trinajstić information content (AvgIpc) is 3.16. The number of halogens is 1. The Kier molecular flexibility index (Phi) is 3.73. The summed E-state index contributed by atoms with van der Waals surface area (Å²) < 4.78 is 8.42. The number of rotatable bonds is 4. The first-order chi connectivity index (χ1) is 14.6. The van der Waals surface area contributed by atoms with Crippen LogP contribution in [0, 0.1) is 11.8 Å². The van der Waals surface area contributed by atoms with Crippen LogP contribution in [-0.4, -0.2) is 47.5 Å². The number of fused-ring (bicyclic) bond motifs is 2. The van der Waals surface area contributed by atoms with E-state index in [9.17, 15) is 4.79 Å². The van der Waals surface area contributed by atoms with Crippen LogP contribution in [0.3, 0.4) is 0 Å². The molecule has 0 spiro atoms. The van der Waals surface area contributed by atoms with Gasteiger partial charge < -0.3 is 14.0 Å². The highest BCUT2D eigenvalue weighted by Crippen LogP contribution is 2.57. The average molecular weight is 425 g/mol. The molecule has 2 aliphatic rings. The lowest BCUT2D eigenvalue weighted by atomic mass is 10.2. The molecular weight excluding hydrogens is 408 g/mol. The van der Waals surface area contributed by atoms with Gasteiger partial charge in [-0.2, -0.15) is 10.1 Å². The Bertz CT molecular complexity index is 1320. The van der Waals surface area contributed by atoms with Gasteiger partial charge in [0, 0.05) is 32.3 Å². The molecular formula is C19H17ClN8O2. The highest BCUT2D eigenvalue weighted by atomic mass is 35.5. The summed E-state index contributed by atoms with van der Waals surface area (Å²) in [6.45, 7) is 1.97. The molecule has 1 saturated heterocycles. The lowest BCUT2D eigenvalue weighted by Gasteiger charge is -2.21. The summed E-state index contributed by atoms with van der Waals surface area (Å²) >= 11 is 6.05. The van der Waals surface area contributed by atoms with Crippen LogP contribution in [0.1, 0.15) is 17.6 Å². The molecule has 30 heavy (non-hydrogen) atoms. The molecule has 3 atom stereocenters. The first-order valence-electron chi connectivity index (χ1n) is 9.63. The minimum Gasteiger partial charge on any atom is -0.370 e. The molecule has 0 aromatic carbocycles. The van der Waals surface area contributed by atoms with Crippen LogP contribution in [0.4, 0.5) is 5.69 Å². The molecule has 5 heterocycles. The Morgan fingerprint density at radius 2 is 2.07 bits per heavy atom. The van der Waals surface area contributed by atoms with Crippen LogP contribution in [0.15, 0.2) is 40.3 Å². The highest BCUT2D eigenvalue weighted by Gasteiger charge is 2.58. The Balaban J connectivity index is 1.17. The monoisotopic (exact) mass is 424 g/mol. The second-order valence-electron chi connectivity index (χ2n) is 7.86. The minimum absolute atomic E-state index is 0.134. The van der Waals surface area contributed by atoms with Gasteiger partial charge >= 0.3 is 0 Å². The van der Waals surface area contributed by atoms with E-state index in [1.807, 2.05) is 12.3 Å². The van der Waals surface area contributed by atoms with Gasteiger partial charge in [0.25, 0.3) is 5.56 Å². The maximum Gasteiger partial charge on any atom is 0.293 e. The molecule has 4 aromatic rings. The Labute approximate surface area is 175 Å². The van der Waals surface area contributed by atoms with Crippen LogP contribution in [0.25, 0.3) is 11.0 Å². The van der Waals surface area contributed by atoms with Gasteiger partial charge in [0.05, 0.1) is 29.4 Å². The fourth-order valence-corrected chi connectivity index (χ4v) is 4.67. The summed E-state index contributed by atoms with van der Waals surface area (Å²) in [5.74, 6) is 2.35. The largest absolute Gasteiger partial charge is 0.370 e. The molecule has 0 radical (unpaired) electrons. The first kappa shape index (κ1) is 17.6. The minimum atomic E-state index is -0.235. The zero-order valence-electron chi connectivity index (χ0n) is 16.0. The van der Waals surface area contributed by atoms with E-state index in [1.165, 1.54) is 4.68 Å². The smallest absolute Gasteiger partial charge is 0.293 e. The molecule has 6 rings (SSSR count). The van der Waals surface area contributed by atoms with Gasteiger partial charge in [0.1, 0.15) is 17.6 Å². The lowest BCUT2D eigenvalue weighted by Crippen LogP contribution is -2.24. The highest BCUT2D eigenvalue weighted by molar-refractivity contribution is 6.30. The van der Waals surface area contributed by atoms with E-state index in [0.29, 0.717) is 39.6 Å². The number of pyridine rings is 1. The van der Waals surface area contributed by atoms with Crippen molar-refractivity contribution in [2.24, 2.45) is 18.9 Å². The van der Waals surface area contributed by atoms with Gasteiger partial charge in [-0.3, -0.25) is 9.78 Å². The maximum atomic E-state index is 12.7. The molecule has 1 unspecified atom stereocenters. The van der Waals surface area contributed by atoms with E-state index in [0.717, 1.165) is 18.8 Å². The van der Waals surface area contributed by atoms with Gasteiger partial charge in [-0.1, -0.05) is 16.8 Å². The van der Waals surface area contributed by atoms with E-state index in [2.05, 4.69) is 30.1 Å². The number of aromatic nitrogens is 7. The Morgan fingerprint density at radius 1 is 1.23 bits per heavy atom. The Hall–Kier alpha value is -3.27. The predicted octanol–water partition coefficient (Wildman–Crippen LogP) is 1.46. The molecule has 2 fully saturated rings. The van der Waals surface area contributed by atoms with E-state index in [4.69, 9.17) is 16.1 Å². The molecule has 10 nitrogen and oxygen atoms in total. The fourth-order valence-electron chi connectivity index (χ4n) is 4.50. The van der Waals surface area contributed by atoms with E-state index < -0.39 is 0 Å². The summed E-state index contributed by atoms with van der Waals surface area (Å²) in [6, 6.07) is 1.94. The SMILES string of the molecule is Cn1cnc2cnn(Cc3nc(C4[C@H]5CN(c6cncc(Cl)c6)C[C@@H]45)no3)c(=O)c21. The lowest BCUT2D eigenvalue weighted by molar-refractivity contribution is 0.358. The van der Waals surface area contributed by atoms with Crippen molar-refractivity contribution in [3.05, 3.63) is 58.1 Å². The van der Waals surface area contributed by atoms with Crippen LogP contribution >= 0.6 is 11.6 Å². The molecule has 1 aliphatic heterocycles. The summed E-state index contributed by atoms with van der Waals surface area (Å²) in [5.41, 5.74) is 1.87. The Morgan fingerprint density at radius 3 is 2.87 bits per heavy atom. The maximum absolute atomic E-state index is 12.7. The number of hydrogen-bond donors (Lipinski definition) is 0. The standard InChI is InChI=1S/C19H17ClN8O2/c1-26-9-22-14-5-23-28(19(29)17(14)26)8-15-24-18(25-30-15)16-12-6-27(7-13(12)16)11-2-10(20)3-21-4-11/h2-5,9,12-13,16H,6-8H2,1H3/t12-,13+,16?. The zero-order valence-corrected chi connectivity index (χ0v) is 16.8. The molecule has 0 bridgehead atoms. The van der Waals surface area contributed by atoms with Gasteiger partial charge in [-0.05, 0) is 17.9 Å². The third-order valence-corrected chi connectivity index (χ3v) is 6.25. The summed E-state index contributed by atoms with van der Waals surface area (Å²) in [5, 5.41) is 8.98. The molecule has 152 valence electrons. The number of imidazole rings is 1. The van der Waals surface area contributed by atoms with E-state index in [1.54, 1.807) is 30.3 Å². The van der Waals surface area contributed by atoms with Crippen LogP contribution in [0.5, 0.6) is 0 Å². The predicted molar refractivity (Wildman–Crippen MR) is 107 cm³/mol. The summed E-state index contributed by atoms with van der Waals surface area (Å²) in [6.07, 6.45) is 6.63. The fraction of sp³-hybridized carbons (Fsp3) is 0.368. The van der Waals surface area contributed by atoms with Crippen molar-refractivity contribution in [2.75, 3.05) is 18.0 Å². The van der Waals surface area contributed by atoms with Crippen molar-refractivity contribution < 1.29 is 4.52 Å². The molecule has 0 amide bonds. The van der Waals surface area contributed by atoms with Gasteiger partial charge in [0.15, 0.2) is 5.82 Å². The van der Waals surface area contributed by atoms with Gasteiger partial charge in [-0.25, -0.2) is 9.67 Å². The normalized spacial score (nSPS) is 22.6. The molecule has 1 aliphatic carbocycles. The van der Waals surface area contributed by atoms with Crippen LogP contribution < -0.4 is 10.5 Å². The molecule has 4 aromatic heterocycles. The quantitative estimate of drug-likeness (QED) is 0.484. The third-order valence-electron chi connectivity index (χ3n) is 6.04. The second kappa shape index (κ2) is 6.36. The van der Waals surface area contributed by atoms with E-state index >= 15 is 0 Å². The van der Waals surface area contributed by atoms with Crippen molar-refractivity contribution in [2.45, 2.75) is 12.5 Å². The third kappa shape index (κ3) is 2.71. The van der Waals surface area contributed by atoms with Crippen molar-refractivity contribution in [1.29, 1.82) is 0 Å². The number of anilines is 1. The van der Waals surface area contributed by atoms with Gasteiger partial charge in [0.2, 0.25) is 5.89 Å². The first-order valence-corrected chi connectivity index (χ1v) is 10.0. The number of piperidine rings is 1. The van der Waals surface area contributed by atoms with Crippen molar-refractivity contribution in [3.8, 4) is 0 Å². The summed E-state index contributed by atoms with van der Waals surface area (Å²) in [7, 11) is 1.78. The molecule has 0 N–H and O–H groups in total. The van der Waals surface area contributed by atoms with E-state index in [-0.39, 0.29) is 18.0 Å². The van der Waals surface area contributed by atoms with Crippen molar-refractivity contribution in [3.63, 3.8) is 0 Å². The number of hydrogen-bond acceptors (Lipinski definition) is 8.